The van der Waals surface area contributed by atoms with Gasteiger partial charge in [0.15, 0.2) is 0 Å². The van der Waals surface area contributed by atoms with Gasteiger partial charge in [-0.05, 0) is 40.9 Å². The molecule has 1 aliphatic rings. The minimum absolute atomic E-state index is 0.575. The van der Waals surface area contributed by atoms with E-state index < -0.39 is 0 Å². The van der Waals surface area contributed by atoms with Gasteiger partial charge in [-0.1, -0.05) is 6.92 Å². The van der Waals surface area contributed by atoms with Crippen LogP contribution in [-0.2, 0) is 0 Å². The van der Waals surface area contributed by atoms with Gasteiger partial charge in [-0.25, -0.2) is 9.97 Å². The molecule has 1 saturated carbocycles. The molecular weight excluding hydrogens is 286 g/mol. The summed E-state index contributed by atoms with van der Waals surface area (Å²) >= 11 is 5.43. The minimum atomic E-state index is 0.575. The Morgan fingerprint density at radius 1 is 1.50 bits per heavy atom. The third-order valence-corrected chi connectivity index (χ3v) is 4.44. The molecule has 88 valence electrons. The summed E-state index contributed by atoms with van der Waals surface area (Å²) in [6.45, 7) is 2.23. The molecule has 1 aliphatic carbocycles. The first-order chi connectivity index (χ1) is 7.78. The zero-order chi connectivity index (χ0) is 11.4. The van der Waals surface area contributed by atoms with Gasteiger partial charge in [0.05, 0.1) is 0 Å². The Bertz CT molecular complexity index is 348. The first-order valence-corrected chi connectivity index (χ1v) is 7.47. The Morgan fingerprint density at radius 3 is 3.12 bits per heavy atom. The quantitative estimate of drug-likeness (QED) is 0.866. The standard InChI is InChI=1S/C11H16BrN3S/c1-2-16-9-4-3-8(5-9)15-11-6-10(12)13-7-14-11/h6-9H,2-5H2,1H3,(H,13,14,15). The van der Waals surface area contributed by atoms with Gasteiger partial charge in [-0.3, -0.25) is 0 Å². The molecule has 1 aromatic rings. The molecule has 1 aromatic heterocycles. The summed E-state index contributed by atoms with van der Waals surface area (Å²) in [5.74, 6) is 2.14. The van der Waals surface area contributed by atoms with Gasteiger partial charge in [-0.2, -0.15) is 11.8 Å². The zero-order valence-electron chi connectivity index (χ0n) is 9.32. The van der Waals surface area contributed by atoms with Crippen molar-refractivity contribution in [2.24, 2.45) is 0 Å². The smallest absolute Gasteiger partial charge is 0.130 e. The van der Waals surface area contributed by atoms with Crippen LogP contribution in [-0.4, -0.2) is 27.0 Å². The van der Waals surface area contributed by atoms with Crippen LogP contribution in [0.25, 0.3) is 0 Å². The largest absolute Gasteiger partial charge is 0.367 e. The maximum absolute atomic E-state index is 4.22. The second kappa shape index (κ2) is 5.87. The number of aromatic nitrogens is 2. The number of anilines is 1. The van der Waals surface area contributed by atoms with Crippen molar-refractivity contribution >= 4 is 33.5 Å². The number of nitrogens with one attached hydrogen (secondary N) is 1. The average molecular weight is 302 g/mol. The molecule has 2 unspecified atom stereocenters. The van der Waals surface area contributed by atoms with Gasteiger partial charge in [0.2, 0.25) is 0 Å². The van der Waals surface area contributed by atoms with Gasteiger partial charge >= 0.3 is 0 Å². The van der Waals surface area contributed by atoms with Crippen LogP contribution in [0.2, 0.25) is 0 Å². The molecule has 3 nitrogen and oxygen atoms in total. The number of hydrogen-bond acceptors (Lipinski definition) is 4. The molecule has 0 saturated heterocycles. The highest BCUT2D eigenvalue weighted by Crippen LogP contribution is 2.31. The lowest BCUT2D eigenvalue weighted by Gasteiger charge is -2.13. The summed E-state index contributed by atoms with van der Waals surface area (Å²) < 4.78 is 0.836. The van der Waals surface area contributed by atoms with Crippen molar-refractivity contribution in [3.05, 3.63) is 17.0 Å². The SMILES string of the molecule is CCSC1CCC(Nc2cc(Br)ncn2)C1. The lowest BCUT2D eigenvalue weighted by atomic mass is 10.2. The van der Waals surface area contributed by atoms with E-state index in [4.69, 9.17) is 0 Å². The van der Waals surface area contributed by atoms with Gasteiger partial charge in [0.1, 0.15) is 16.7 Å². The summed E-state index contributed by atoms with van der Waals surface area (Å²) in [7, 11) is 0. The second-order valence-electron chi connectivity index (χ2n) is 3.96. The lowest BCUT2D eigenvalue weighted by Crippen LogP contribution is -2.16. The third kappa shape index (κ3) is 3.35. The fourth-order valence-corrected chi connectivity index (χ4v) is 3.53. The highest BCUT2D eigenvalue weighted by molar-refractivity contribution is 9.10. The number of halogens is 1. The van der Waals surface area contributed by atoms with E-state index in [-0.39, 0.29) is 0 Å². The van der Waals surface area contributed by atoms with Gasteiger partial charge < -0.3 is 5.32 Å². The van der Waals surface area contributed by atoms with Crippen molar-refractivity contribution in [3.8, 4) is 0 Å². The number of rotatable bonds is 4. The van der Waals surface area contributed by atoms with E-state index in [1.54, 1.807) is 6.33 Å². The Kier molecular flexibility index (Phi) is 4.46. The Labute approximate surface area is 109 Å². The van der Waals surface area contributed by atoms with Crippen LogP contribution in [0.1, 0.15) is 26.2 Å². The summed E-state index contributed by atoms with van der Waals surface area (Å²) in [6, 6.07) is 2.51. The number of thioether (sulfide) groups is 1. The molecule has 0 spiro atoms. The minimum Gasteiger partial charge on any atom is -0.367 e. The van der Waals surface area contributed by atoms with E-state index in [9.17, 15) is 0 Å². The molecule has 2 rings (SSSR count). The molecule has 0 amide bonds. The Hall–Kier alpha value is -0.290. The van der Waals surface area contributed by atoms with Crippen LogP contribution < -0.4 is 5.32 Å². The molecule has 5 heteroatoms. The van der Waals surface area contributed by atoms with Crippen LogP contribution in [0.5, 0.6) is 0 Å². The fraction of sp³-hybridized carbons (Fsp3) is 0.636. The monoisotopic (exact) mass is 301 g/mol. The Balaban J connectivity index is 1.87. The average Bonchev–Trinajstić information content (AvgIpc) is 2.66. The van der Waals surface area contributed by atoms with E-state index in [0.29, 0.717) is 6.04 Å². The first-order valence-electron chi connectivity index (χ1n) is 5.63. The van der Waals surface area contributed by atoms with Crippen molar-refractivity contribution in [3.63, 3.8) is 0 Å². The zero-order valence-corrected chi connectivity index (χ0v) is 11.7. The molecule has 16 heavy (non-hydrogen) atoms. The molecule has 2 atom stereocenters. The van der Waals surface area contributed by atoms with Gasteiger partial charge in [0.25, 0.3) is 0 Å². The predicted octanol–water partition coefficient (Wildman–Crippen LogP) is 3.33. The van der Waals surface area contributed by atoms with Crippen molar-refractivity contribution in [2.75, 3.05) is 11.1 Å². The molecule has 1 N–H and O–H groups in total. The summed E-state index contributed by atoms with van der Waals surface area (Å²) in [5.41, 5.74) is 0. The predicted molar refractivity (Wildman–Crippen MR) is 72.9 cm³/mol. The fourth-order valence-electron chi connectivity index (χ4n) is 2.08. The lowest BCUT2D eigenvalue weighted by molar-refractivity contribution is 0.751. The molecule has 1 fully saturated rings. The molecule has 1 heterocycles. The second-order valence-corrected chi connectivity index (χ2v) is 6.35. The molecule has 0 radical (unpaired) electrons. The maximum Gasteiger partial charge on any atom is 0.130 e. The molecule has 0 aromatic carbocycles. The van der Waals surface area contributed by atoms with E-state index in [1.165, 1.54) is 25.0 Å². The van der Waals surface area contributed by atoms with E-state index in [0.717, 1.165) is 15.7 Å². The van der Waals surface area contributed by atoms with E-state index in [1.807, 2.05) is 6.07 Å². The van der Waals surface area contributed by atoms with E-state index in [2.05, 4.69) is 49.9 Å². The van der Waals surface area contributed by atoms with Crippen LogP contribution in [0.15, 0.2) is 17.0 Å². The normalized spacial score (nSPS) is 24.6. The van der Waals surface area contributed by atoms with Crippen LogP contribution in [0.3, 0.4) is 0 Å². The molecule has 0 bridgehead atoms. The summed E-state index contributed by atoms with van der Waals surface area (Å²) in [4.78, 5) is 8.24. The maximum atomic E-state index is 4.22. The van der Waals surface area contributed by atoms with Crippen LogP contribution in [0.4, 0.5) is 5.82 Å². The van der Waals surface area contributed by atoms with Crippen LogP contribution in [0, 0.1) is 0 Å². The summed E-state index contributed by atoms with van der Waals surface area (Å²) in [5, 5.41) is 4.30. The highest BCUT2D eigenvalue weighted by atomic mass is 79.9. The van der Waals surface area contributed by atoms with Crippen molar-refractivity contribution in [1.82, 2.24) is 9.97 Å². The van der Waals surface area contributed by atoms with Crippen molar-refractivity contribution in [2.45, 2.75) is 37.5 Å². The van der Waals surface area contributed by atoms with Gasteiger partial charge in [0, 0.05) is 17.4 Å². The van der Waals surface area contributed by atoms with Gasteiger partial charge in [-0.15, -0.1) is 0 Å². The summed E-state index contributed by atoms with van der Waals surface area (Å²) in [6.07, 6.45) is 5.40. The van der Waals surface area contributed by atoms with E-state index >= 15 is 0 Å². The highest BCUT2D eigenvalue weighted by Gasteiger charge is 2.24. The molecule has 0 aliphatic heterocycles. The van der Waals surface area contributed by atoms with Crippen molar-refractivity contribution in [1.29, 1.82) is 0 Å². The first kappa shape index (κ1) is 12.2. The number of hydrogen-bond donors (Lipinski definition) is 1. The Morgan fingerprint density at radius 2 is 2.38 bits per heavy atom. The van der Waals surface area contributed by atoms with Crippen LogP contribution >= 0.6 is 27.7 Å². The molecular formula is C11H16BrN3S. The number of nitrogens with zero attached hydrogens (tertiary/aromatic N) is 2. The topological polar surface area (TPSA) is 37.8 Å². The van der Waals surface area contributed by atoms with Crippen molar-refractivity contribution < 1.29 is 0 Å². The third-order valence-electron chi connectivity index (χ3n) is 2.77.